The number of nitrogens with one attached hydrogen (secondary N) is 2. The van der Waals surface area contributed by atoms with E-state index >= 15 is 0 Å². The van der Waals surface area contributed by atoms with E-state index in [4.69, 9.17) is 4.74 Å². The molecular formula is C22H21F3N4O3. The molecule has 0 aliphatic carbocycles. The number of alkyl halides is 3. The highest BCUT2D eigenvalue weighted by Crippen LogP contribution is 2.28. The number of pyridine rings is 1. The van der Waals surface area contributed by atoms with Crippen LogP contribution in [0.3, 0.4) is 0 Å². The van der Waals surface area contributed by atoms with Crippen molar-refractivity contribution in [3.05, 3.63) is 69.9 Å². The molecule has 0 radical (unpaired) electrons. The lowest BCUT2D eigenvalue weighted by atomic mass is 10.1. The van der Waals surface area contributed by atoms with Crippen LogP contribution in [-0.4, -0.2) is 33.6 Å². The Labute approximate surface area is 181 Å². The van der Waals surface area contributed by atoms with Gasteiger partial charge in [0.15, 0.2) is 6.61 Å². The number of nitrogens with zero attached hydrogens (tertiary/aromatic N) is 2. The highest BCUT2D eigenvalue weighted by atomic mass is 19.4. The smallest absolute Gasteiger partial charge is 0.422 e. The number of hydrogen-bond acceptors (Lipinski definition) is 5. The molecule has 0 aliphatic heterocycles. The van der Waals surface area contributed by atoms with Crippen LogP contribution < -0.4 is 15.6 Å². The van der Waals surface area contributed by atoms with Crippen molar-refractivity contribution in [2.75, 3.05) is 11.9 Å². The van der Waals surface area contributed by atoms with Gasteiger partial charge in [0, 0.05) is 35.6 Å². The fourth-order valence-corrected chi connectivity index (χ4v) is 3.01. The summed E-state index contributed by atoms with van der Waals surface area (Å²) >= 11 is 0. The number of H-pyrrole nitrogens is 1. The number of aromatic nitrogens is 3. The monoisotopic (exact) mass is 446 g/mol. The molecule has 3 rings (SSSR count). The lowest BCUT2D eigenvalue weighted by Gasteiger charge is -2.15. The van der Waals surface area contributed by atoms with Gasteiger partial charge in [0.05, 0.1) is 5.69 Å². The van der Waals surface area contributed by atoms with Crippen LogP contribution in [0.25, 0.3) is 11.4 Å². The number of halogens is 3. The van der Waals surface area contributed by atoms with Crippen molar-refractivity contribution in [1.29, 1.82) is 0 Å². The number of rotatable bonds is 7. The minimum absolute atomic E-state index is 0.0627. The van der Waals surface area contributed by atoms with Crippen LogP contribution in [0.2, 0.25) is 0 Å². The van der Waals surface area contributed by atoms with Gasteiger partial charge in [-0.1, -0.05) is 6.07 Å². The molecular weight excluding hydrogens is 425 g/mol. The molecule has 0 fully saturated rings. The molecule has 0 aliphatic rings. The van der Waals surface area contributed by atoms with Gasteiger partial charge in [0.25, 0.3) is 5.56 Å². The van der Waals surface area contributed by atoms with Crippen molar-refractivity contribution in [2.24, 2.45) is 0 Å². The van der Waals surface area contributed by atoms with E-state index in [-0.39, 0.29) is 29.8 Å². The second-order valence-electron chi connectivity index (χ2n) is 7.17. The Balaban J connectivity index is 1.69. The highest BCUT2D eigenvalue weighted by molar-refractivity contribution is 5.92. The van der Waals surface area contributed by atoms with Gasteiger partial charge in [-0.3, -0.25) is 14.6 Å². The van der Waals surface area contributed by atoms with Crippen molar-refractivity contribution in [3.8, 4) is 17.1 Å². The van der Waals surface area contributed by atoms with E-state index in [0.29, 0.717) is 28.2 Å². The van der Waals surface area contributed by atoms with Crippen LogP contribution in [0.5, 0.6) is 5.75 Å². The summed E-state index contributed by atoms with van der Waals surface area (Å²) in [7, 11) is 0. The van der Waals surface area contributed by atoms with E-state index in [1.807, 2.05) is 0 Å². The topological polar surface area (TPSA) is 97.0 Å². The first-order valence-electron chi connectivity index (χ1n) is 9.72. The van der Waals surface area contributed by atoms with Crippen molar-refractivity contribution in [3.63, 3.8) is 0 Å². The predicted octanol–water partition coefficient (Wildman–Crippen LogP) is 3.96. The van der Waals surface area contributed by atoms with Gasteiger partial charge in [-0.15, -0.1) is 0 Å². The number of ether oxygens (including phenoxy) is 1. The Kier molecular flexibility index (Phi) is 6.92. The third-order valence-corrected chi connectivity index (χ3v) is 4.58. The number of amides is 1. The largest absolute Gasteiger partial charge is 0.482 e. The second kappa shape index (κ2) is 9.63. The lowest BCUT2D eigenvalue weighted by Crippen LogP contribution is -2.21. The Hall–Kier alpha value is -3.69. The molecule has 3 aromatic rings. The fourth-order valence-electron chi connectivity index (χ4n) is 3.01. The molecule has 10 heteroatoms. The minimum atomic E-state index is -4.50. The number of benzene rings is 1. The maximum Gasteiger partial charge on any atom is 0.422 e. The summed E-state index contributed by atoms with van der Waals surface area (Å²) in [6, 6.07) is 7.96. The van der Waals surface area contributed by atoms with Gasteiger partial charge >= 0.3 is 6.18 Å². The SMILES string of the molecule is Cc1ccc(NC(=O)CCc2c(C)nc(-c3ccncc3)[nH]c2=O)c(OCC(F)(F)F)c1. The first kappa shape index (κ1) is 23.0. The lowest BCUT2D eigenvalue weighted by molar-refractivity contribution is -0.153. The van der Waals surface area contributed by atoms with Gasteiger partial charge < -0.3 is 15.0 Å². The zero-order valence-corrected chi connectivity index (χ0v) is 17.4. The van der Waals surface area contributed by atoms with Crippen molar-refractivity contribution >= 4 is 11.6 Å². The van der Waals surface area contributed by atoms with Crippen LogP contribution >= 0.6 is 0 Å². The molecule has 1 aromatic carbocycles. The van der Waals surface area contributed by atoms with E-state index in [0.717, 1.165) is 0 Å². The predicted molar refractivity (Wildman–Crippen MR) is 113 cm³/mol. The minimum Gasteiger partial charge on any atom is -0.482 e. The number of carbonyl (C=O) groups is 1. The third-order valence-electron chi connectivity index (χ3n) is 4.58. The molecule has 0 unspecified atom stereocenters. The fraction of sp³-hybridized carbons (Fsp3) is 0.273. The molecule has 2 heterocycles. The van der Waals surface area contributed by atoms with Crippen LogP contribution in [0.1, 0.15) is 23.2 Å². The molecule has 2 aromatic heterocycles. The molecule has 168 valence electrons. The molecule has 0 bridgehead atoms. The summed E-state index contributed by atoms with van der Waals surface area (Å²) in [5, 5.41) is 2.55. The maximum atomic E-state index is 12.5. The number of aryl methyl sites for hydroxylation is 2. The van der Waals surface area contributed by atoms with E-state index in [9.17, 15) is 22.8 Å². The van der Waals surface area contributed by atoms with Crippen molar-refractivity contribution in [1.82, 2.24) is 15.0 Å². The van der Waals surface area contributed by atoms with E-state index in [1.165, 1.54) is 12.1 Å². The number of aromatic amines is 1. The van der Waals surface area contributed by atoms with Crippen LogP contribution in [0.4, 0.5) is 18.9 Å². The Morgan fingerprint density at radius 1 is 1.16 bits per heavy atom. The Morgan fingerprint density at radius 2 is 1.88 bits per heavy atom. The maximum absolute atomic E-state index is 12.5. The normalized spacial score (nSPS) is 11.3. The summed E-state index contributed by atoms with van der Waals surface area (Å²) in [5.41, 5.74) is 1.99. The van der Waals surface area contributed by atoms with Gasteiger partial charge in [0.2, 0.25) is 5.91 Å². The average molecular weight is 446 g/mol. The third kappa shape index (κ3) is 6.16. The summed E-state index contributed by atoms with van der Waals surface area (Å²) in [5.74, 6) is -0.148. The molecule has 0 saturated carbocycles. The Bertz CT molecular complexity index is 1160. The van der Waals surface area contributed by atoms with E-state index < -0.39 is 18.7 Å². The standard InChI is InChI=1S/C22H21F3N4O3/c1-13-3-5-17(18(11-13)32-12-22(23,24)25)28-19(30)6-4-16-14(2)27-20(29-21(16)31)15-7-9-26-10-8-15/h3,5,7-11H,4,6,12H2,1-2H3,(H,28,30)(H,27,29,31). The van der Waals surface area contributed by atoms with Crippen LogP contribution in [0, 0.1) is 13.8 Å². The highest BCUT2D eigenvalue weighted by Gasteiger charge is 2.29. The van der Waals surface area contributed by atoms with Gasteiger partial charge in [-0.2, -0.15) is 13.2 Å². The molecule has 0 spiro atoms. The first-order valence-corrected chi connectivity index (χ1v) is 9.72. The summed E-state index contributed by atoms with van der Waals surface area (Å²) in [6.45, 7) is 1.91. The van der Waals surface area contributed by atoms with E-state index in [1.54, 1.807) is 44.4 Å². The van der Waals surface area contributed by atoms with E-state index in [2.05, 4.69) is 20.3 Å². The van der Waals surface area contributed by atoms with Gasteiger partial charge in [0.1, 0.15) is 11.6 Å². The quantitative estimate of drug-likeness (QED) is 0.573. The van der Waals surface area contributed by atoms with Crippen LogP contribution in [-0.2, 0) is 11.2 Å². The van der Waals surface area contributed by atoms with Gasteiger partial charge in [-0.05, 0) is 50.1 Å². The molecule has 2 N–H and O–H groups in total. The zero-order chi connectivity index (χ0) is 23.3. The number of anilines is 1. The zero-order valence-electron chi connectivity index (χ0n) is 17.4. The average Bonchev–Trinajstić information content (AvgIpc) is 2.73. The van der Waals surface area contributed by atoms with Crippen LogP contribution in [0.15, 0.2) is 47.5 Å². The molecule has 1 amide bonds. The molecule has 0 atom stereocenters. The second-order valence-corrected chi connectivity index (χ2v) is 7.17. The number of hydrogen-bond donors (Lipinski definition) is 2. The molecule has 32 heavy (non-hydrogen) atoms. The summed E-state index contributed by atoms with van der Waals surface area (Å²) in [4.78, 5) is 35.9. The number of carbonyl (C=O) groups excluding carboxylic acids is 1. The summed E-state index contributed by atoms with van der Waals surface area (Å²) in [6.07, 6.45) is -1.28. The Morgan fingerprint density at radius 3 is 2.53 bits per heavy atom. The first-order chi connectivity index (χ1) is 15.1. The molecule has 0 saturated heterocycles. The summed E-state index contributed by atoms with van der Waals surface area (Å²) < 4.78 is 42.3. The van der Waals surface area contributed by atoms with Crippen molar-refractivity contribution in [2.45, 2.75) is 32.9 Å². The van der Waals surface area contributed by atoms with Gasteiger partial charge in [-0.25, -0.2) is 4.98 Å². The van der Waals surface area contributed by atoms with Crippen molar-refractivity contribution < 1.29 is 22.7 Å². The molecule has 7 nitrogen and oxygen atoms in total.